The zero-order valence-electron chi connectivity index (χ0n) is 13.2. The van der Waals surface area contributed by atoms with Crippen LogP contribution in [0.15, 0.2) is 53.9 Å². The Morgan fingerprint density at radius 2 is 2.08 bits per heavy atom. The second kappa shape index (κ2) is 6.84. The maximum atomic E-state index is 12.3. The number of benzene rings is 1. The Kier molecular flexibility index (Phi) is 4.61. The third kappa shape index (κ3) is 3.30. The average Bonchev–Trinajstić information content (AvgIpc) is 2.61. The Morgan fingerprint density at radius 1 is 1.33 bits per heavy atom. The van der Waals surface area contributed by atoms with Gasteiger partial charge in [-0.15, -0.1) is 0 Å². The predicted octanol–water partition coefficient (Wildman–Crippen LogP) is 2.90. The molecule has 122 valence electrons. The SMILES string of the molecule is CSc1ncc2cc([C@@H](C)OC(=O)c3ccccc3)[n+]([O-])cc2n1. The number of fused-ring (bicyclic) bond motifs is 1. The molecule has 1 atom stereocenters. The van der Waals surface area contributed by atoms with Gasteiger partial charge < -0.3 is 9.94 Å². The quantitative estimate of drug-likeness (QED) is 0.239. The smallest absolute Gasteiger partial charge is 0.338 e. The zero-order chi connectivity index (χ0) is 17.1. The van der Waals surface area contributed by atoms with Crippen LogP contribution in [-0.2, 0) is 4.74 Å². The van der Waals surface area contributed by atoms with Crippen molar-refractivity contribution in [1.29, 1.82) is 0 Å². The van der Waals surface area contributed by atoms with Crippen LogP contribution in [-0.4, -0.2) is 22.2 Å². The summed E-state index contributed by atoms with van der Waals surface area (Å²) in [5.41, 5.74) is 1.32. The molecule has 0 amide bonds. The summed E-state index contributed by atoms with van der Waals surface area (Å²) in [5, 5.41) is 13.6. The molecule has 2 heterocycles. The lowest BCUT2D eigenvalue weighted by Crippen LogP contribution is -2.34. The predicted molar refractivity (Wildman–Crippen MR) is 90.6 cm³/mol. The van der Waals surface area contributed by atoms with Crippen molar-refractivity contribution < 1.29 is 14.3 Å². The van der Waals surface area contributed by atoms with Crippen molar-refractivity contribution in [2.75, 3.05) is 6.26 Å². The summed E-state index contributed by atoms with van der Waals surface area (Å²) in [6.07, 6.45) is 4.20. The number of hydrogen-bond donors (Lipinski definition) is 0. The van der Waals surface area contributed by atoms with Crippen molar-refractivity contribution in [3.63, 3.8) is 0 Å². The first-order valence-electron chi connectivity index (χ1n) is 7.28. The number of nitrogens with zero attached hydrogens (tertiary/aromatic N) is 3. The van der Waals surface area contributed by atoms with Gasteiger partial charge >= 0.3 is 5.97 Å². The first-order valence-corrected chi connectivity index (χ1v) is 8.51. The number of rotatable bonds is 4. The summed E-state index contributed by atoms with van der Waals surface area (Å²) < 4.78 is 6.08. The minimum absolute atomic E-state index is 0.326. The number of pyridine rings is 1. The van der Waals surface area contributed by atoms with Gasteiger partial charge in [-0.1, -0.05) is 30.0 Å². The fourth-order valence-corrected chi connectivity index (χ4v) is 2.62. The maximum Gasteiger partial charge on any atom is 0.338 e. The van der Waals surface area contributed by atoms with E-state index in [9.17, 15) is 10.0 Å². The van der Waals surface area contributed by atoms with E-state index in [0.717, 1.165) is 5.39 Å². The summed E-state index contributed by atoms with van der Waals surface area (Å²) in [5.74, 6) is -0.475. The van der Waals surface area contributed by atoms with Crippen molar-refractivity contribution >= 4 is 28.6 Å². The number of ether oxygens (including phenoxy) is 1. The minimum atomic E-state index is -0.695. The highest BCUT2D eigenvalue weighted by Crippen LogP contribution is 2.20. The largest absolute Gasteiger partial charge is 0.618 e. The van der Waals surface area contributed by atoms with Crippen molar-refractivity contribution in [3.8, 4) is 0 Å². The van der Waals surface area contributed by atoms with Gasteiger partial charge in [0, 0.05) is 17.6 Å². The van der Waals surface area contributed by atoms with Crippen LogP contribution in [0.25, 0.3) is 10.9 Å². The van der Waals surface area contributed by atoms with Crippen molar-refractivity contribution in [3.05, 3.63) is 65.3 Å². The second-order valence-corrected chi connectivity index (χ2v) is 5.91. The van der Waals surface area contributed by atoms with Gasteiger partial charge in [0.2, 0.25) is 11.9 Å². The Bertz CT molecular complexity index is 887. The maximum absolute atomic E-state index is 12.3. The number of hydrogen-bond acceptors (Lipinski definition) is 6. The Hall–Kier alpha value is -2.67. The van der Waals surface area contributed by atoms with Gasteiger partial charge in [-0.25, -0.2) is 14.8 Å². The third-order valence-electron chi connectivity index (χ3n) is 3.52. The molecule has 7 heteroatoms. The monoisotopic (exact) mass is 341 g/mol. The molecule has 0 N–H and O–H groups in total. The lowest BCUT2D eigenvalue weighted by atomic mass is 10.2. The van der Waals surface area contributed by atoms with E-state index >= 15 is 0 Å². The van der Waals surface area contributed by atoms with Crippen LogP contribution in [0.5, 0.6) is 0 Å². The van der Waals surface area contributed by atoms with E-state index in [2.05, 4.69) is 9.97 Å². The van der Waals surface area contributed by atoms with Crippen LogP contribution in [0, 0.1) is 5.21 Å². The lowest BCUT2D eigenvalue weighted by molar-refractivity contribution is -0.616. The number of thioether (sulfide) groups is 1. The van der Waals surface area contributed by atoms with Gasteiger partial charge in [0.15, 0.2) is 11.3 Å². The molecular weight excluding hydrogens is 326 g/mol. The normalized spacial score (nSPS) is 12.1. The van der Waals surface area contributed by atoms with Crippen molar-refractivity contribution in [1.82, 2.24) is 9.97 Å². The second-order valence-electron chi connectivity index (χ2n) is 5.13. The molecule has 0 fully saturated rings. The standard InChI is InChI=1S/C17H15N3O3S/c1-11(23-16(21)12-6-4-3-5-7-12)15-8-13-9-18-17(24-2)19-14(13)10-20(15)22/h3-11H,1-2H3/t11-/m1/s1. The summed E-state index contributed by atoms with van der Waals surface area (Å²) in [7, 11) is 0. The van der Waals surface area contributed by atoms with E-state index in [-0.39, 0.29) is 0 Å². The summed E-state index contributed by atoms with van der Waals surface area (Å²) >= 11 is 1.40. The molecule has 0 saturated heterocycles. The Morgan fingerprint density at radius 3 is 2.79 bits per heavy atom. The van der Waals surface area contributed by atoms with E-state index in [1.54, 1.807) is 43.5 Å². The highest BCUT2D eigenvalue weighted by Gasteiger charge is 2.21. The highest BCUT2D eigenvalue weighted by molar-refractivity contribution is 7.98. The van der Waals surface area contributed by atoms with E-state index in [0.29, 0.717) is 26.7 Å². The number of carbonyl (C=O) groups is 1. The molecule has 3 aromatic rings. The topological polar surface area (TPSA) is 79.0 Å². The number of carbonyl (C=O) groups excluding carboxylic acids is 1. The molecule has 0 aliphatic heterocycles. The zero-order valence-corrected chi connectivity index (χ0v) is 14.0. The fraction of sp³-hybridized carbons (Fsp3) is 0.176. The molecule has 3 rings (SSSR count). The Labute approximate surface area is 143 Å². The highest BCUT2D eigenvalue weighted by atomic mass is 32.2. The molecule has 0 aliphatic rings. The van der Waals surface area contributed by atoms with Gasteiger partial charge in [-0.3, -0.25) is 0 Å². The van der Waals surface area contributed by atoms with E-state index in [4.69, 9.17) is 4.74 Å². The molecular formula is C17H15N3O3S. The Balaban J connectivity index is 1.88. The van der Waals surface area contributed by atoms with E-state index < -0.39 is 12.1 Å². The average molecular weight is 341 g/mol. The van der Waals surface area contributed by atoms with Crippen LogP contribution in [0.1, 0.15) is 29.1 Å². The van der Waals surface area contributed by atoms with Crippen LogP contribution >= 0.6 is 11.8 Å². The van der Waals surface area contributed by atoms with Gasteiger partial charge in [0.05, 0.1) is 5.56 Å². The fourth-order valence-electron chi connectivity index (χ4n) is 2.27. The molecule has 0 spiro atoms. The van der Waals surface area contributed by atoms with Gasteiger partial charge in [-0.2, -0.15) is 4.73 Å². The molecule has 0 saturated carbocycles. The minimum Gasteiger partial charge on any atom is -0.618 e. The first-order chi connectivity index (χ1) is 11.6. The van der Waals surface area contributed by atoms with Crippen molar-refractivity contribution in [2.45, 2.75) is 18.2 Å². The first kappa shape index (κ1) is 16.2. The molecule has 2 aromatic heterocycles. The number of esters is 1. The van der Waals surface area contributed by atoms with E-state index in [1.165, 1.54) is 18.0 Å². The van der Waals surface area contributed by atoms with Gasteiger partial charge in [0.1, 0.15) is 5.52 Å². The number of aromatic nitrogens is 3. The summed E-state index contributed by atoms with van der Waals surface area (Å²) in [4.78, 5) is 20.6. The summed E-state index contributed by atoms with van der Waals surface area (Å²) in [6, 6.07) is 10.3. The molecule has 6 nitrogen and oxygen atoms in total. The molecule has 1 aromatic carbocycles. The van der Waals surface area contributed by atoms with Gasteiger partial charge in [0.25, 0.3) is 0 Å². The van der Waals surface area contributed by atoms with E-state index in [1.807, 2.05) is 12.3 Å². The van der Waals surface area contributed by atoms with Gasteiger partial charge in [-0.05, 0) is 25.3 Å². The van der Waals surface area contributed by atoms with Crippen molar-refractivity contribution in [2.24, 2.45) is 0 Å². The molecule has 0 bridgehead atoms. The molecule has 0 unspecified atom stereocenters. The molecule has 0 aliphatic carbocycles. The summed E-state index contributed by atoms with van der Waals surface area (Å²) in [6.45, 7) is 1.66. The lowest BCUT2D eigenvalue weighted by Gasteiger charge is -2.13. The van der Waals surface area contributed by atoms with Crippen LogP contribution in [0.3, 0.4) is 0 Å². The third-order valence-corrected chi connectivity index (χ3v) is 4.08. The van der Waals surface area contributed by atoms with Crippen LogP contribution in [0.4, 0.5) is 0 Å². The van der Waals surface area contributed by atoms with Crippen LogP contribution < -0.4 is 4.73 Å². The van der Waals surface area contributed by atoms with Crippen LogP contribution in [0.2, 0.25) is 0 Å². The molecule has 24 heavy (non-hydrogen) atoms. The molecule has 0 radical (unpaired) electrons.